The lowest BCUT2D eigenvalue weighted by Gasteiger charge is -2.25. The van der Waals surface area contributed by atoms with Crippen LogP contribution in [0.2, 0.25) is 0 Å². The van der Waals surface area contributed by atoms with Crippen molar-refractivity contribution in [3.05, 3.63) is 60.1 Å². The van der Waals surface area contributed by atoms with Gasteiger partial charge in [0.2, 0.25) is 21.7 Å². The van der Waals surface area contributed by atoms with E-state index in [-0.39, 0.29) is 0 Å². The highest BCUT2D eigenvalue weighted by Gasteiger charge is 2.25. The van der Waals surface area contributed by atoms with Crippen molar-refractivity contribution in [2.24, 2.45) is 7.05 Å². The molecule has 2 aromatic heterocycles. The molecule has 0 aliphatic carbocycles. The molecule has 0 atom stereocenters. The van der Waals surface area contributed by atoms with Gasteiger partial charge in [0.1, 0.15) is 0 Å². The van der Waals surface area contributed by atoms with Crippen LogP contribution in [0.4, 0.5) is 0 Å². The van der Waals surface area contributed by atoms with Crippen molar-refractivity contribution < 1.29 is 12.9 Å². The molecule has 2 aromatic carbocycles. The highest BCUT2D eigenvalue weighted by Crippen LogP contribution is 2.24. The number of rotatable bonds is 5. The molecule has 0 saturated carbocycles. The quantitative estimate of drug-likeness (QED) is 0.475. The first kappa shape index (κ1) is 19.9. The molecule has 0 bridgehead atoms. The van der Waals surface area contributed by atoms with Gasteiger partial charge in [-0.15, -0.1) is 0 Å². The van der Waals surface area contributed by atoms with Crippen molar-refractivity contribution in [1.29, 1.82) is 0 Å². The number of aryl methyl sites for hydroxylation is 1. The Kier molecular flexibility index (Phi) is 5.07. The summed E-state index contributed by atoms with van der Waals surface area (Å²) in [6, 6.07) is 12.8. The van der Waals surface area contributed by atoms with Crippen molar-refractivity contribution in [2.45, 2.75) is 30.6 Å². The summed E-state index contributed by atoms with van der Waals surface area (Å²) >= 11 is 0. The average molecular weight is 438 g/mol. The number of nitrogens with zero attached hydrogens (tertiary/aromatic N) is 5. The fourth-order valence-corrected chi connectivity index (χ4v) is 5.45. The van der Waals surface area contributed by atoms with Gasteiger partial charge in [-0.1, -0.05) is 35.8 Å². The third kappa shape index (κ3) is 3.86. The number of hydrogen-bond donors (Lipinski definition) is 0. The maximum atomic E-state index is 12.8. The largest absolute Gasteiger partial charge is 0.339 e. The Hall–Kier alpha value is -3.04. The third-order valence-electron chi connectivity index (χ3n) is 5.71. The van der Waals surface area contributed by atoms with Gasteiger partial charge in [-0.2, -0.15) is 14.4 Å². The fourth-order valence-electron chi connectivity index (χ4n) is 3.94. The molecule has 1 aliphatic rings. The number of piperidine rings is 1. The predicted octanol–water partition coefficient (Wildman–Crippen LogP) is 3.39. The van der Waals surface area contributed by atoms with E-state index in [9.17, 15) is 8.42 Å². The van der Waals surface area contributed by atoms with E-state index in [1.165, 1.54) is 0 Å². The van der Waals surface area contributed by atoms with Crippen molar-refractivity contribution >= 4 is 20.9 Å². The summed E-state index contributed by atoms with van der Waals surface area (Å²) in [5.74, 6) is 0.995. The lowest BCUT2D eigenvalue weighted by atomic mass is 10.1. The summed E-state index contributed by atoms with van der Waals surface area (Å²) in [5.41, 5.74) is 2.76. The summed E-state index contributed by atoms with van der Waals surface area (Å²) in [4.78, 5) is 4.83. The van der Waals surface area contributed by atoms with Gasteiger partial charge < -0.3 is 4.52 Å². The molecular weight excluding hydrogens is 414 g/mol. The van der Waals surface area contributed by atoms with Gasteiger partial charge in [0.25, 0.3) is 0 Å². The SMILES string of the molecule is Cn1ncc2ccc(-c3noc(Cc4ccc(S(=O)(=O)N5CCCCC5)cc4)n3)cc21. The lowest BCUT2D eigenvalue weighted by Crippen LogP contribution is -2.35. The van der Waals surface area contributed by atoms with E-state index < -0.39 is 10.0 Å². The smallest absolute Gasteiger partial charge is 0.243 e. The average Bonchev–Trinajstić information content (AvgIpc) is 3.41. The number of hydrogen-bond acceptors (Lipinski definition) is 6. The second-order valence-electron chi connectivity index (χ2n) is 7.84. The predicted molar refractivity (Wildman–Crippen MR) is 116 cm³/mol. The molecule has 5 rings (SSSR count). The van der Waals surface area contributed by atoms with E-state index in [0.717, 1.165) is 41.3 Å². The van der Waals surface area contributed by atoms with Crippen molar-refractivity contribution in [1.82, 2.24) is 24.2 Å². The van der Waals surface area contributed by atoms with Crippen LogP contribution in [0.1, 0.15) is 30.7 Å². The Morgan fingerprint density at radius 2 is 1.81 bits per heavy atom. The first-order chi connectivity index (χ1) is 15.0. The minimum absolute atomic E-state index is 0.328. The zero-order valence-electron chi connectivity index (χ0n) is 17.2. The van der Waals surface area contributed by atoms with Gasteiger partial charge in [-0.3, -0.25) is 4.68 Å². The van der Waals surface area contributed by atoms with Crippen LogP contribution in [0.25, 0.3) is 22.3 Å². The van der Waals surface area contributed by atoms with E-state index in [0.29, 0.717) is 36.1 Å². The second kappa shape index (κ2) is 7.90. The van der Waals surface area contributed by atoms with Crippen LogP contribution in [-0.2, 0) is 23.5 Å². The zero-order chi connectivity index (χ0) is 21.4. The minimum Gasteiger partial charge on any atom is -0.339 e. The van der Waals surface area contributed by atoms with Crippen LogP contribution in [0.3, 0.4) is 0 Å². The van der Waals surface area contributed by atoms with Crippen molar-refractivity contribution in [3.8, 4) is 11.4 Å². The molecule has 1 fully saturated rings. The summed E-state index contributed by atoms with van der Waals surface area (Å²) in [7, 11) is -1.53. The Bertz CT molecular complexity index is 1320. The van der Waals surface area contributed by atoms with Crippen molar-refractivity contribution in [2.75, 3.05) is 13.1 Å². The second-order valence-corrected chi connectivity index (χ2v) is 9.78. The van der Waals surface area contributed by atoms with Crippen LogP contribution >= 0.6 is 0 Å². The van der Waals surface area contributed by atoms with Gasteiger partial charge in [-0.25, -0.2) is 8.42 Å². The lowest BCUT2D eigenvalue weighted by molar-refractivity contribution is 0.346. The molecule has 3 heterocycles. The molecule has 9 heteroatoms. The van der Waals surface area contributed by atoms with Gasteiger partial charge >= 0.3 is 0 Å². The number of aromatic nitrogens is 4. The van der Waals surface area contributed by atoms with Gasteiger partial charge in [-0.05, 0) is 36.6 Å². The van der Waals surface area contributed by atoms with Gasteiger partial charge in [0, 0.05) is 31.1 Å². The Morgan fingerprint density at radius 3 is 2.58 bits per heavy atom. The van der Waals surface area contributed by atoms with Gasteiger partial charge in [0.15, 0.2) is 0 Å². The van der Waals surface area contributed by atoms with Crippen LogP contribution in [-0.4, -0.2) is 45.7 Å². The first-order valence-corrected chi connectivity index (χ1v) is 11.8. The van der Waals surface area contributed by atoms with Crippen molar-refractivity contribution in [3.63, 3.8) is 0 Å². The normalized spacial score (nSPS) is 15.5. The monoisotopic (exact) mass is 437 g/mol. The molecule has 0 N–H and O–H groups in total. The molecule has 1 saturated heterocycles. The highest BCUT2D eigenvalue weighted by atomic mass is 32.2. The number of fused-ring (bicyclic) bond motifs is 1. The topological polar surface area (TPSA) is 94.1 Å². The Labute approximate surface area is 180 Å². The number of sulfonamides is 1. The molecule has 4 aromatic rings. The molecule has 8 nitrogen and oxygen atoms in total. The summed E-state index contributed by atoms with van der Waals surface area (Å²) in [5, 5.41) is 9.41. The summed E-state index contributed by atoms with van der Waals surface area (Å²) in [6.45, 7) is 1.19. The Morgan fingerprint density at radius 1 is 1.03 bits per heavy atom. The Balaban J connectivity index is 1.32. The molecule has 0 radical (unpaired) electrons. The fraction of sp³-hybridized carbons (Fsp3) is 0.318. The maximum absolute atomic E-state index is 12.8. The van der Waals surface area contributed by atoms with Gasteiger partial charge in [0.05, 0.1) is 23.0 Å². The maximum Gasteiger partial charge on any atom is 0.243 e. The molecule has 160 valence electrons. The zero-order valence-corrected chi connectivity index (χ0v) is 18.0. The van der Waals surface area contributed by atoms with Crippen LogP contribution < -0.4 is 0 Å². The van der Waals surface area contributed by atoms with E-state index in [1.54, 1.807) is 21.1 Å². The van der Waals surface area contributed by atoms with Crippen LogP contribution in [0, 0.1) is 0 Å². The summed E-state index contributed by atoms with van der Waals surface area (Å²) in [6.07, 6.45) is 5.18. The van der Waals surface area contributed by atoms with E-state index in [1.807, 2.05) is 43.6 Å². The standard InChI is InChI=1S/C22H23N5O3S/c1-26-20-14-17(7-8-18(20)15-23-26)22-24-21(30-25-22)13-16-5-9-19(10-6-16)31(28,29)27-11-3-2-4-12-27/h5-10,14-15H,2-4,11-13H2,1H3. The van der Waals surface area contributed by atoms with Crippen LogP contribution in [0.5, 0.6) is 0 Å². The van der Waals surface area contributed by atoms with E-state index >= 15 is 0 Å². The molecule has 0 unspecified atom stereocenters. The minimum atomic E-state index is -3.43. The molecule has 0 spiro atoms. The molecule has 0 amide bonds. The number of benzene rings is 2. The van der Waals surface area contributed by atoms with E-state index in [4.69, 9.17) is 4.52 Å². The molecular formula is C22H23N5O3S. The first-order valence-electron chi connectivity index (χ1n) is 10.3. The molecule has 1 aliphatic heterocycles. The van der Waals surface area contributed by atoms with Crippen LogP contribution in [0.15, 0.2) is 58.1 Å². The third-order valence-corrected chi connectivity index (χ3v) is 7.62. The summed E-state index contributed by atoms with van der Waals surface area (Å²) < 4.78 is 34.4. The highest BCUT2D eigenvalue weighted by molar-refractivity contribution is 7.89. The molecule has 31 heavy (non-hydrogen) atoms. The van der Waals surface area contributed by atoms with E-state index in [2.05, 4.69) is 15.2 Å².